The molecule has 0 saturated carbocycles. The number of rotatable bonds is 50. The van der Waals surface area contributed by atoms with Gasteiger partial charge in [-0.3, -0.25) is 9.59 Å². The standard InChI is InChI=1S/C56H105NO7/c1-6-8-10-12-14-16-18-20-22-24-26-27-28-29-31-33-35-37-39-41-43-45-47-55(59)64-52(50-62-49-48-53(56(60)61)57(3,4)5)51-63-54(58)46-44-42-40-38-36-34-32-30-25-23-21-19-17-15-13-11-9-7-2/h23,25,30,32,52-53H,6-22,24,26-29,31,33-51H2,1-5H3/p+1/b25-23+,32-30+. The molecule has 8 nitrogen and oxygen atoms in total. The van der Waals surface area contributed by atoms with E-state index >= 15 is 0 Å². The van der Waals surface area contributed by atoms with Gasteiger partial charge in [0.2, 0.25) is 0 Å². The van der Waals surface area contributed by atoms with E-state index in [-0.39, 0.29) is 36.2 Å². The second-order valence-electron chi connectivity index (χ2n) is 19.9. The molecule has 0 spiro atoms. The van der Waals surface area contributed by atoms with E-state index in [1.807, 2.05) is 21.1 Å². The third kappa shape index (κ3) is 45.0. The minimum Gasteiger partial charge on any atom is -0.477 e. The fourth-order valence-electron chi connectivity index (χ4n) is 8.38. The van der Waals surface area contributed by atoms with E-state index < -0.39 is 18.1 Å². The van der Waals surface area contributed by atoms with Crippen molar-refractivity contribution in [3.05, 3.63) is 24.3 Å². The first-order valence-corrected chi connectivity index (χ1v) is 27.4. The molecule has 2 atom stereocenters. The van der Waals surface area contributed by atoms with Crippen LogP contribution in [0.4, 0.5) is 0 Å². The Balaban J connectivity index is 4.19. The van der Waals surface area contributed by atoms with Gasteiger partial charge in [-0.05, 0) is 38.5 Å². The Labute approximate surface area is 396 Å². The molecule has 0 saturated heterocycles. The Morgan fingerprint density at radius 2 is 0.812 bits per heavy atom. The van der Waals surface area contributed by atoms with Crippen molar-refractivity contribution < 1.29 is 38.2 Å². The van der Waals surface area contributed by atoms with Crippen LogP contribution in [-0.2, 0) is 28.6 Å². The number of carboxylic acid groups (broad SMARTS) is 1. The van der Waals surface area contributed by atoms with E-state index in [2.05, 4.69) is 38.2 Å². The van der Waals surface area contributed by atoms with Crippen LogP contribution in [0, 0.1) is 0 Å². The molecular formula is C56H106NO7+. The van der Waals surface area contributed by atoms with Gasteiger partial charge in [-0.1, -0.05) is 231 Å². The number of unbranched alkanes of at least 4 members (excludes halogenated alkanes) is 33. The summed E-state index contributed by atoms with van der Waals surface area (Å²) < 4.78 is 17.4. The molecular weight excluding hydrogens is 799 g/mol. The SMILES string of the molecule is CCCCCCCCC/C=C/C=C/CCCCCCCC(=O)OCC(COCCC(C(=O)O)[N+](C)(C)C)OC(=O)CCCCCCCCCCCCCCCCCCCCCCCC. The van der Waals surface area contributed by atoms with Crippen LogP contribution in [0.2, 0.25) is 0 Å². The quantitative estimate of drug-likeness (QED) is 0.0281. The zero-order chi connectivity index (χ0) is 47.0. The molecule has 8 heteroatoms. The van der Waals surface area contributed by atoms with Crippen LogP contribution >= 0.6 is 0 Å². The van der Waals surface area contributed by atoms with Gasteiger partial charge in [-0.15, -0.1) is 0 Å². The number of quaternary nitrogens is 1. The summed E-state index contributed by atoms with van der Waals surface area (Å²) in [7, 11) is 5.54. The summed E-state index contributed by atoms with van der Waals surface area (Å²) in [6.45, 7) is 4.77. The molecule has 0 rings (SSSR count). The third-order valence-corrected chi connectivity index (χ3v) is 12.6. The number of carboxylic acids is 1. The van der Waals surface area contributed by atoms with Gasteiger partial charge in [0, 0.05) is 19.3 Å². The summed E-state index contributed by atoms with van der Waals surface area (Å²) in [5, 5.41) is 9.66. The van der Waals surface area contributed by atoms with Crippen LogP contribution < -0.4 is 0 Å². The van der Waals surface area contributed by atoms with Gasteiger partial charge in [0.15, 0.2) is 12.1 Å². The molecule has 64 heavy (non-hydrogen) atoms. The zero-order valence-corrected chi connectivity index (χ0v) is 43.0. The lowest BCUT2D eigenvalue weighted by molar-refractivity contribution is -0.887. The predicted molar refractivity (Wildman–Crippen MR) is 271 cm³/mol. The maximum Gasteiger partial charge on any atom is 0.362 e. The Hall–Kier alpha value is -2.19. The van der Waals surface area contributed by atoms with Gasteiger partial charge in [0.25, 0.3) is 0 Å². The molecule has 0 heterocycles. The molecule has 0 fully saturated rings. The average molecular weight is 905 g/mol. The van der Waals surface area contributed by atoms with Crippen molar-refractivity contribution in [1.29, 1.82) is 0 Å². The highest BCUT2D eigenvalue weighted by molar-refractivity contribution is 5.72. The first-order chi connectivity index (χ1) is 31.1. The minimum atomic E-state index is -0.873. The van der Waals surface area contributed by atoms with E-state index in [0.717, 1.165) is 57.8 Å². The van der Waals surface area contributed by atoms with Crippen molar-refractivity contribution >= 4 is 17.9 Å². The number of nitrogens with zero attached hydrogens (tertiary/aromatic N) is 1. The highest BCUT2D eigenvalue weighted by atomic mass is 16.6. The molecule has 0 bridgehead atoms. The third-order valence-electron chi connectivity index (χ3n) is 12.6. The number of carbonyl (C=O) groups is 3. The first-order valence-electron chi connectivity index (χ1n) is 27.4. The van der Waals surface area contributed by atoms with Crippen molar-refractivity contribution in [3.8, 4) is 0 Å². The molecule has 1 N–H and O–H groups in total. The Morgan fingerprint density at radius 1 is 0.469 bits per heavy atom. The van der Waals surface area contributed by atoms with Gasteiger partial charge in [0.1, 0.15) is 6.61 Å². The predicted octanol–water partition coefficient (Wildman–Crippen LogP) is 16.0. The van der Waals surface area contributed by atoms with Gasteiger partial charge in [0.05, 0.1) is 34.4 Å². The van der Waals surface area contributed by atoms with Gasteiger partial charge >= 0.3 is 17.9 Å². The zero-order valence-electron chi connectivity index (χ0n) is 43.0. The van der Waals surface area contributed by atoms with Crippen LogP contribution in [0.3, 0.4) is 0 Å². The topological polar surface area (TPSA) is 99.1 Å². The number of hydrogen-bond acceptors (Lipinski definition) is 6. The van der Waals surface area contributed by atoms with Crippen LogP contribution in [0.1, 0.15) is 264 Å². The largest absolute Gasteiger partial charge is 0.477 e. The van der Waals surface area contributed by atoms with Crippen molar-refractivity contribution in [3.63, 3.8) is 0 Å². The fraction of sp³-hybridized carbons (Fsp3) is 0.875. The maximum atomic E-state index is 12.8. The number of carbonyl (C=O) groups excluding carboxylic acids is 2. The van der Waals surface area contributed by atoms with Crippen molar-refractivity contribution in [2.75, 3.05) is 41.0 Å². The molecule has 0 aliphatic rings. The summed E-state index contributed by atoms with van der Waals surface area (Å²) >= 11 is 0. The van der Waals surface area contributed by atoms with Gasteiger partial charge in [-0.2, -0.15) is 0 Å². The lowest BCUT2D eigenvalue weighted by Crippen LogP contribution is -2.50. The maximum absolute atomic E-state index is 12.8. The normalized spacial score (nSPS) is 13.0. The second-order valence-corrected chi connectivity index (χ2v) is 19.9. The van der Waals surface area contributed by atoms with Crippen molar-refractivity contribution in [2.45, 2.75) is 276 Å². The Bertz CT molecular complexity index is 1100. The van der Waals surface area contributed by atoms with Crippen molar-refractivity contribution in [2.24, 2.45) is 0 Å². The minimum absolute atomic E-state index is 0.0541. The summed E-state index contributed by atoms with van der Waals surface area (Å²) in [6.07, 6.45) is 55.2. The van der Waals surface area contributed by atoms with E-state index in [1.165, 1.54) is 173 Å². The number of allylic oxidation sites excluding steroid dienone is 4. The van der Waals surface area contributed by atoms with E-state index in [4.69, 9.17) is 14.2 Å². The second kappa shape index (κ2) is 47.3. The molecule has 2 unspecified atom stereocenters. The lowest BCUT2D eigenvalue weighted by atomic mass is 10.0. The van der Waals surface area contributed by atoms with E-state index in [0.29, 0.717) is 19.3 Å². The van der Waals surface area contributed by atoms with Crippen LogP contribution in [0.15, 0.2) is 24.3 Å². The molecule has 0 amide bonds. The first kappa shape index (κ1) is 61.8. The monoisotopic (exact) mass is 905 g/mol. The van der Waals surface area contributed by atoms with Gasteiger partial charge in [-0.25, -0.2) is 4.79 Å². The summed E-state index contributed by atoms with van der Waals surface area (Å²) in [5.41, 5.74) is 0. The highest BCUT2D eigenvalue weighted by Crippen LogP contribution is 2.17. The summed E-state index contributed by atoms with van der Waals surface area (Å²) in [6, 6.07) is -0.615. The molecule has 0 radical (unpaired) electrons. The molecule has 0 aromatic heterocycles. The number of ether oxygens (including phenoxy) is 3. The fourth-order valence-corrected chi connectivity index (χ4v) is 8.38. The highest BCUT2D eigenvalue weighted by Gasteiger charge is 2.31. The Kier molecular flexibility index (Phi) is 45.7. The summed E-state index contributed by atoms with van der Waals surface area (Å²) in [4.78, 5) is 37.2. The molecule has 376 valence electrons. The summed E-state index contributed by atoms with van der Waals surface area (Å²) in [5.74, 6) is -1.47. The van der Waals surface area contributed by atoms with Crippen LogP contribution in [0.25, 0.3) is 0 Å². The van der Waals surface area contributed by atoms with E-state index in [9.17, 15) is 19.5 Å². The van der Waals surface area contributed by atoms with Crippen LogP contribution in [-0.4, -0.2) is 80.6 Å². The average Bonchev–Trinajstić information content (AvgIpc) is 3.26. The lowest BCUT2D eigenvalue weighted by Gasteiger charge is -2.31. The van der Waals surface area contributed by atoms with Crippen molar-refractivity contribution in [1.82, 2.24) is 0 Å². The number of esters is 2. The smallest absolute Gasteiger partial charge is 0.362 e. The number of hydrogen-bond donors (Lipinski definition) is 1. The molecule has 0 aromatic carbocycles. The van der Waals surface area contributed by atoms with E-state index in [1.54, 1.807) is 0 Å². The van der Waals surface area contributed by atoms with Crippen LogP contribution in [0.5, 0.6) is 0 Å². The van der Waals surface area contributed by atoms with Gasteiger partial charge < -0.3 is 23.8 Å². The Morgan fingerprint density at radius 3 is 1.17 bits per heavy atom. The number of likely N-dealkylation sites (N-methyl/N-ethyl adjacent to an activating group) is 1. The number of aliphatic carboxylic acids is 1. The molecule has 0 aliphatic carbocycles. The molecule has 0 aromatic rings. The molecule has 0 aliphatic heterocycles.